The Kier molecular flexibility index (Phi) is 8.14. The summed E-state index contributed by atoms with van der Waals surface area (Å²) in [6.07, 6.45) is 0. The first-order chi connectivity index (χ1) is 8.52. The van der Waals surface area contributed by atoms with Crippen LogP contribution in [0.4, 0.5) is 0 Å². The van der Waals surface area contributed by atoms with Gasteiger partial charge in [0.2, 0.25) is 11.8 Å². The van der Waals surface area contributed by atoms with Crippen LogP contribution in [-0.2, 0) is 9.59 Å². The van der Waals surface area contributed by atoms with Crippen LogP contribution in [0.25, 0.3) is 0 Å². The average molecular weight is 306 g/mol. The maximum Gasteiger partial charge on any atom is 0.239 e. The van der Waals surface area contributed by atoms with Crippen LogP contribution in [-0.4, -0.2) is 24.9 Å². The number of nitrogens with one attached hydrogen (secondary N) is 2. The lowest BCUT2D eigenvalue weighted by atomic mass is 10.1. The standard InChI is InChI=1S/C12H16ClN3O2.ClH/c1-8(9-3-2-4-10(13)5-9)16-12(18)7-15-11(17)6-14;/h2-5,8H,6-7,14H2,1H3,(H,15,17)(H,16,18);1H. The van der Waals surface area contributed by atoms with Gasteiger partial charge < -0.3 is 16.4 Å². The monoisotopic (exact) mass is 305 g/mol. The molecule has 1 rings (SSSR count). The van der Waals surface area contributed by atoms with Crippen LogP contribution in [0.15, 0.2) is 24.3 Å². The number of halogens is 2. The van der Waals surface area contributed by atoms with Crippen molar-refractivity contribution in [1.29, 1.82) is 0 Å². The van der Waals surface area contributed by atoms with Crippen LogP contribution in [0.2, 0.25) is 5.02 Å². The molecule has 0 radical (unpaired) electrons. The molecular weight excluding hydrogens is 289 g/mol. The number of carbonyl (C=O) groups excluding carboxylic acids is 2. The van der Waals surface area contributed by atoms with E-state index in [1.165, 1.54) is 0 Å². The lowest BCUT2D eigenvalue weighted by Crippen LogP contribution is -2.40. The molecule has 106 valence electrons. The zero-order chi connectivity index (χ0) is 13.5. The number of hydrogen-bond donors (Lipinski definition) is 3. The number of carbonyl (C=O) groups is 2. The zero-order valence-electron chi connectivity index (χ0n) is 10.5. The van der Waals surface area contributed by atoms with Gasteiger partial charge in [0.1, 0.15) is 0 Å². The van der Waals surface area contributed by atoms with E-state index in [9.17, 15) is 9.59 Å². The van der Waals surface area contributed by atoms with E-state index in [0.29, 0.717) is 5.02 Å². The van der Waals surface area contributed by atoms with E-state index in [-0.39, 0.29) is 43.4 Å². The highest BCUT2D eigenvalue weighted by molar-refractivity contribution is 6.30. The minimum Gasteiger partial charge on any atom is -0.348 e. The molecule has 0 saturated heterocycles. The molecule has 0 heterocycles. The van der Waals surface area contributed by atoms with Crippen molar-refractivity contribution in [2.45, 2.75) is 13.0 Å². The summed E-state index contributed by atoms with van der Waals surface area (Å²) in [6, 6.07) is 7.06. The highest BCUT2D eigenvalue weighted by Gasteiger charge is 2.10. The second kappa shape index (κ2) is 8.74. The Bertz CT molecular complexity index is 441. The molecule has 19 heavy (non-hydrogen) atoms. The van der Waals surface area contributed by atoms with Crippen LogP contribution in [0.5, 0.6) is 0 Å². The van der Waals surface area contributed by atoms with Gasteiger partial charge in [0, 0.05) is 5.02 Å². The third kappa shape index (κ3) is 6.42. The fraction of sp³-hybridized carbons (Fsp3) is 0.333. The summed E-state index contributed by atoms with van der Waals surface area (Å²) < 4.78 is 0. The van der Waals surface area contributed by atoms with Crippen molar-refractivity contribution in [3.05, 3.63) is 34.9 Å². The molecule has 0 bridgehead atoms. The number of rotatable bonds is 5. The Balaban J connectivity index is 0.00000324. The maximum atomic E-state index is 11.5. The molecule has 7 heteroatoms. The summed E-state index contributed by atoms with van der Waals surface area (Å²) in [5.41, 5.74) is 6.01. The SMILES string of the molecule is CC(NC(=O)CNC(=O)CN)c1cccc(Cl)c1.Cl. The van der Waals surface area contributed by atoms with E-state index >= 15 is 0 Å². The second-order valence-electron chi connectivity index (χ2n) is 3.83. The summed E-state index contributed by atoms with van der Waals surface area (Å²) in [5.74, 6) is -0.634. The van der Waals surface area contributed by atoms with E-state index in [2.05, 4.69) is 10.6 Å². The Morgan fingerprint density at radius 1 is 1.37 bits per heavy atom. The number of amides is 2. The average Bonchev–Trinajstić information content (AvgIpc) is 2.35. The van der Waals surface area contributed by atoms with E-state index in [4.69, 9.17) is 17.3 Å². The molecular formula is C12H17Cl2N3O2. The number of nitrogens with two attached hydrogens (primary N) is 1. The van der Waals surface area contributed by atoms with Crippen molar-refractivity contribution in [2.24, 2.45) is 5.73 Å². The molecule has 1 aromatic carbocycles. The summed E-state index contributed by atoms with van der Waals surface area (Å²) in [4.78, 5) is 22.4. The first-order valence-electron chi connectivity index (χ1n) is 5.54. The lowest BCUT2D eigenvalue weighted by molar-refractivity contribution is -0.125. The van der Waals surface area contributed by atoms with Crippen LogP contribution in [0.1, 0.15) is 18.5 Å². The van der Waals surface area contributed by atoms with Gasteiger partial charge in [-0.2, -0.15) is 0 Å². The van der Waals surface area contributed by atoms with E-state index in [0.717, 1.165) is 5.56 Å². The van der Waals surface area contributed by atoms with Crippen molar-refractivity contribution in [3.8, 4) is 0 Å². The fourth-order valence-corrected chi connectivity index (χ4v) is 1.60. The highest BCUT2D eigenvalue weighted by atomic mass is 35.5. The predicted molar refractivity (Wildman–Crippen MR) is 77.3 cm³/mol. The van der Waals surface area contributed by atoms with Crippen LogP contribution < -0.4 is 16.4 Å². The maximum absolute atomic E-state index is 11.5. The lowest BCUT2D eigenvalue weighted by Gasteiger charge is -2.14. The topological polar surface area (TPSA) is 84.2 Å². The summed E-state index contributed by atoms with van der Waals surface area (Å²) in [7, 11) is 0. The van der Waals surface area contributed by atoms with Gasteiger partial charge >= 0.3 is 0 Å². The molecule has 1 aromatic rings. The number of hydrogen-bond acceptors (Lipinski definition) is 3. The first-order valence-corrected chi connectivity index (χ1v) is 5.92. The Labute approximate surface area is 123 Å². The zero-order valence-corrected chi connectivity index (χ0v) is 12.1. The van der Waals surface area contributed by atoms with Gasteiger partial charge in [0.05, 0.1) is 19.1 Å². The van der Waals surface area contributed by atoms with Gasteiger partial charge in [-0.15, -0.1) is 12.4 Å². The molecule has 1 unspecified atom stereocenters. The van der Waals surface area contributed by atoms with Crippen molar-refractivity contribution in [1.82, 2.24) is 10.6 Å². The van der Waals surface area contributed by atoms with Gasteiger partial charge in [-0.05, 0) is 24.6 Å². The minimum atomic E-state index is -0.361. The smallest absolute Gasteiger partial charge is 0.239 e. The Morgan fingerprint density at radius 3 is 2.63 bits per heavy atom. The van der Waals surface area contributed by atoms with Gasteiger partial charge in [-0.1, -0.05) is 23.7 Å². The molecule has 0 aliphatic carbocycles. The summed E-state index contributed by atoms with van der Waals surface area (Å²) in [6.45, 7) is 1.63. The minimum absolute atomic E-state index is 0. The molecule has 0 spiro atoms. The largest absolute Gasteiger partial charge is 0.348 e. The number of benzene rings is 1. The summed E-state index contributed by atoms with van der Waals surface area (Å²) in [5, 5.41) is 5.76. The molecule has 4 N–H and O–H groups in total. The van der Waals surface area contributed by atoms with Crippen LogP contribution in [0, 0.1) is 0 Å². The highest BCUT2D eigenvalue weighted by Crippen LogP contribution is 2.16. The molecule has 5 nitrogen and oxygen atoms in total. The van der Waals surface area contributed by atoms with Crippen molar-refractivity contribution >= 4 is 35.8 Å². The third-order valence-electron chi connectivity index (χ3n) is 2.36. The molecule has 0 fully saturated rings. The molecule has 0 aliphatic heterocycles. The predicted octanol–water partition coefficient (Wildman–Crippen LogP) is 1.01. The molecule has 1 atom stereocenters. The Morgan fingerprint density at radius 2 is 2.05 bits per heavy atom. The van der Waals surface area contributed by atoms with Gasteiger partial charge in [0.15, 0.2) is 0 Å². The van der Waals surface area contributed by atoms with E-state index in [1.807, 2.05) is 19.1 Å². The van der Waals surface area contributed by atoms with E-state index in [1.54, 1.807) is 12.1 Å². The summed E-state index contributed by atoms with van der Waals surface area (Å²) >= 11 is 5.86. The van der Waals surface area contributed by atoms with Crippen molar-refractivity contribution in [3.63, 3.8) is 0 Å². The fourth-order valence-electron chi connectivity index (χ4n) is 1.40. The quantitative estimate of drug-likeness (QED) is 0.759. The molecule has 2 amide bonds. The normalized spacial score (nSPS) is 11.1. The second-order valence-corrected chi connectivity index (χ2v) is 4.26. The molecule has 0 aromatic heterocycles. The van der Waals surface area contributed by atoms with Gasteiger partial charge in [-0.3, -0.25) is 9.59 Å². The Hall–Kier alpha value is -1.30. The van der Waals surface area contributed by atoms with Crippen LogP contribution >= 0.6 is 24.0 Å². The molecule has 0 saturated carbocycles. The van der Waals surface area contributed by atoms with Crippen molar-refractivity contribution in [2.75, 3.05) is 13.1 Å². The van der Waals surface area contributed by atoms with Gasteiger partial charge in [-0.25, -0.2) is 0 Å². The van der Waals surface area contributed by atoms with Gasteiger partial charge in [0.25, 0.3) is 0 Å². The molecule has 0 aliphatic rings. The third-order valence-corrected chi connectivity index (χ3v) is 2.59. The van der Waals surface area contributed by atoms with E-state index < -0.39 is 0 Å². The van der Waals surface area contributed by atoms with Crippen molar-refractivity contribution < 1.29 is 9.59 Å². The van der Waals surface area contributed by atoms with Crippen LogP contribution in [0.3, 0.4) is 0 Å². The first kappa shape index (κ1) is 17.7.